The number of benzene rings is 2. The van der Waals surface area contributed by atoms with E-state index in [1.54, 1.807) is 26.0 Å². The van der Waals surface area contributed by atoms with Gasteiger partial charge in [-0.25, -0.2) is 0 Å². The molecule has 1 atom stereocenters. The number of likely N-dealkylation sites (tertiary alicyclic amines) is 1. The summed E-state index contributed by atoms with van der Waals surface area (Å²) < 4.78 is 11.1. The molecule has 1 unspecified atom stereocenters. The van der Waals surface area contributed by atoms with Crippen molar-refractivity contribution in [2.45, 2.75) is 30.8 Å². The van der Waals surface area contributed by atoms with Crippen molar-refractivity contribution in [3.63, 3.8) is 0 Å². The molecule has 29 heavy (non-hydrogen) atoms. The van der Waals surface area contributed by atoms with Crippen molar-refractivity contribution >= 4 is 17.7 Å². The van der Waals surface area contributed by atoms with Crippen LogP contribution in [0.25, 0.3) is 0 Å². The number of methoxy groups -OCH3 is 2. The normalized spacial score (nSPS) is 20.8. The number of piperidine rings is 1. The first-order valence-electron chi connectivity index (χ1n) is 10.1. The summed E-state index contributed by atoms with van der Waals surface area (Å²) in [5.74, 6) is 2.19. The highest BCUT2D eigenvalue weighted by molar-refractivity contribution is 8.00. The van der Waals surface area contributed by atoms with Crippen molar-refractivity contribution in [3.8, 4) is 11.5 Å². The highest BCUT2D eigenvalue weighted by atomic mass is 32.2. The maximum absolute atomic E-state index is 12.8. The fourth-order valence-electron chi connectivity index (χ4n) is 4.37. The van der Waals surface area contributed by atoms with E-state index in [0.717, 1.165) is 43.8 Å². The Balaban J connectivity index is 1.47. The van der Waals surface area contributed by atoms with Crippen LogP contribution in [0.1, 0.15) is 29.3 Å². The molecule has 0 bridgehead atoms. The first-order valence-corrected chi connectivity index (χ1v) is 11.2. The predicted molar refractivity (Wildman–Crippen MR) is 116 cm³/mol. The van der Waals surface area contributed by atoms with Gasteiger partial charge >= 0.3 is 0 Å². The average Bonchev–Trinajstić information content (AvgIpc) is 3.15. The molecule has 154 valence electrons. The number of thioether (sulfide) groups is 1. The number of ether oxygens (including phenoxy) is 2. The van der Waals surface area contributed by atoms with Crippen molar-refractivity contribution in [1.82, 2.24) is 9.80 Å². The second-order valence-corrected chi connectivity index (χ2v) is 8.61. The number of hydrogen-bond acceptors (Lipinski definition) is 5. The minimum atomic E-state index is -0.0155. The van der Waals surface area contributed by atoms with E-state index in [0.29, 0.717) is 11.5 Å². The van der Waals surface area contributed by atoms with Gasteiger partial charge in [0.15, 0.2) is 11.5 Å². The zero-order chi connectivity index (χ0) is 20.2. The Morgan fingerprint density at radius 2 is 1.76 bits per heavy atom. The van der Waals surface area contributed by atoms with Crippen LogP contribution in [0.3, 0.4) is 0 Å². The summed E-state index contributed by atoms with van der Waals surface area (Å²) in [4.78, 5) is 17.4. The summed E-state index contributed by atoms with van der Waals surface area (Å²) in [6, 6.07) is 16.8. The van der Waals surface area contributed by atoms with Crippen molar-refractivity contribution in [1.29, 1.82) is 0 Å². The van der Waals surface area contributed by atoms with Gasteiger partial charge in [0.1, 0.15) is 5.37 Å². The molecule has 2 aromatic rings. The van der Waals surface area contributed by atoms with Gasteiger partial charge in [0.2, 0.25) is 5.91 Å². The van der Waals surface area contributed by atoms with Crippen molar-refractivity contribution in [2.75, 3.05) is 33.1 Å². The van der Waals surface area contributed by atoms with Crippen LogP contribution in [-0.2, 0) is 11.3 Å². The molecular formula is C23H28N2O3S. The molecule has 0 radical (unpaired) electrons. The molecule has 0 aliphatic carbocycles. The van der Waals surface area contributed by atoms with E-state index < -0.39 is 0 Å². The molecule has 2 fully saturated rings. The molecule has 4 rings (SSSR count). The molecule has 1 amide bonds. The van der Waals surface area contributed by atoms with E-state index in [1.807, 2.05) is 12.1 Å². The maximum atomic E-state index is 12.8. The molecule has 2 aliphatic rings. The molecule has 2 aliphatic heterocycles. The molecule has 6 heteroatoms. The zero-order valence-electron chi connectivity index (χ0n) is 17.0. The fourth-order valence-corrected chi connectivity index (χ4v) is 5.64. The number of para-hydroxylation sites is 1. The quantitative estimate of drug-likeness (QED) is 0.719. The van der Waals surface area contributed by atoms with Gasteiger partial charge in [0.05, 0.1) is 20.0 Å². The lowest BCUT2D eigenvalue weighted by Gasteiger charge is -2.39. The van der Waals surface area contributed by atoms with E-state index >= 15 is 0 Å². The van der Waals surface area contributed by atoms with Gasteiger partial charge in [-0.15, -0.1) is 11.8 Å². The van der Waals surface area contributed by atoms with Crippen LogP contribution in [-0.4, -0.2) is 54.8 Å². The number of amides is 1. The Morgan fingerprint density at radius 1 is 1.00 bits per heavy atom. The average molecular weight is 413 g/mol. The molecule has 0 spiro atoms. The van der Waals surface area contributed by atoms with E-state index in [4.69, 9.17) is 9.47 Å². The second kappa shape index (κ2) is 9.09. The van der Waals surface area contributed by atoms with Crippen LogP contribution >= 0.6 is 11.8 Å². The van der Waals surface area contributed by atoms with E-state index in [9.17, 15) is 4.79 Å². The van der Waals surface area contributed by atoms with Crippen LogP contribution in [0.4, 0.5) is 0 Å². The van der Waals surface area contributed by atoms with Gasteiger partial charge < -0.3 is 14.4 Å². The fraction of sp³-hybridized carbons (Fsp3) is 0.435. The third-order valence-electron chi connectivity index (χ3n) is 5.80. The summed E-state index contributed by atoms with van der Waals surface area (Å²) in [6.07, 6.45) is 2.00. The number of hydrogen-bond donors (Lipinski definition) is 0. The first kappa shape index (κ1) is 20.1. The highest BCUT2D eigenvalue weighted by Crippen LogP contribution is 2.47. The molecule has 0 N–H and O–H groups in total. The lowest BCUT2D eigenvalue weighted by Crippen LogP contribution is -2.46. The molecule has 2 saturated heterocycles. The van der Waals surface area contributed by atoms with Crippen LogP contribution < -0.4 is 9.47 Å². The Hall–Kier alpha value is -2.18. The molecule has 2 heterocycles. The molecule has 5 nitrogen and oxygen atoms in total. The predicted octanol–water partition coefficient (Wildman–Crippen LogP) is 3.94. The lowest BCUT2D eigenvalue weighted by atomic mass is 10.0. The number of nitrogens with zero attached hydrogens (tertiary/aromatic N) is 2. The van der Waals surface area contributed by atoms with Gasteiger partial charge in [0.25, 0.3) is 0 Å². The largest absolute Gasteiger partial charge is 0.493 e. The summed E-state index contributed by atoms with van der Waals surface area (Å²) in [5.41, 5.74) is 2.37. The summed E-state index contributed by atoms with van der Waals surface area (Å²) in [5, 5.41) is -0.0155. The number of rotatable bonds is 6. The minimum absolute atomic E-state index is 0.0155. The van der Waals surface area contributed by atoms with Crippen LogP contribution in [0.15, 0.2) is 48.5 Å². The van der Waals surface area contributed by atoms with E-state index in [1.165, 1.54) is 5.56 Å². The van der Waals surface area contributed by atoms with Crippen molar-refractivity contribution in [2.24, 2.45) is 0 Å². The third-order valence-corrected chi connectivity index (χ3v) is 7.01. The van der Waals surface area contributed by atoms with Crippen LogP contribution in [0.2, 0.25) is 0 Å². The van der Waals surface area contributed by atoms with Gasteiger partial charge in [-0.2, -0.15) is 0 Å². The Kier molecular flexibility index (Phi) is 6.31. The van der Waals surface area contributed by atoms with Gasteiger partial charge in [-0.1, -0.05) is 42.5 Å². The molecule has 0 aromatic heterocycles. The van der Waals surface area contributed by atoms with E-state index in [-0.39, 0.29) is 17.3 Å². The third kappa shape index (κ3) is 4.23. The number of carbonyl (C=O) groups is 1. The van der Waals surface area contributed by atoms with Gasteiger partial charge in [-0.3, -0.25) is 9.69 Å². The standard InChI is InChI=1S/C23H28N2O3S/c1-27-20-10-6-9-19(22(20)28-2)23-25(21(26)16-29-23)18-11-13-24(14-12-18)15-17-7-4-3-5-8-17/h3-10,18,23H,11-16H2,1-2H3. The monoisotopic (exact) mass is 412 g/mol. The lowest BCUT2D eigenvalue weighted by molar-refractivity contribution is -0.131. The SMILES string of the molecule is COc1cccc(C2SCC(=O)N2C2CCN(Cc3ccccc3)CC2)c1OC. The molecular weight excluding hydrogens is 384 g/mol. The minimum Gasteiger partial charge on any atom is -0.493 e. The summed E-state index contributed by atoms with van der Waals surface area (Å²) >= 11 is 1.68. The topological polar surface area (TPSA) is 42.0 Å². The highest BCUT2D eigenvalue weighted by Gasteiger charge is 2.40. The summed E-state index contributed by atoms with van der Waals surface area (Å²) in [7, 11) is 3.31. The first-order chi connectivity index (χ1) is 14.2. The Bertz CT molecular complexity index is 837. The smallest absolute Gasteiger partial charge is 0.234 e. The molecule has 2 aromatic carbocycles. The van der Waals surface area contributed by atoms with E-state index in [2.05, 4.69) is 46.2 Å². The van der Waals surface area contributed by atoms with Gasteiger partial charge in [-0.05, 0) is 24.5 Å². The second-order valence-electron chi connectivity index (χ2n) is 7.54. The maximum Gasteiger partial charge on any atom is 0.234 e. The zero-order valence-corrected chi connectivity index (χ0v) is 17.9. The molecule has 0 saturated carbocycles. The Morgan fingerprint density at radius 3 is 2.45 bits per heavy atom. The van der Waals surface area contributed by atoms with Crippen LogP contribution in [0, 0.1) is 0 Å². The van der Waals surface area contributed by atoms with Crippen molar-refractivity contribution < 1.29 is 14.3 Å². The van der Waals surface area contributed by atoms with Gasteiger partial charge in [0, 0.05) is 31.2 Å². The summed E-state index contributed by atoms with van der Waals surface area (Å²) in [6.45, 7) is 3.00. The van der Waals surface area contributed by atoms with Crippen molar-refractivity contribution in [3.05, 3.63) is 59.7 Å². The van der Waals surface area contributed by atoms with Crippen LogP contribution in [0.5, 0.6) is 11.5 Å². The Labute approximate surface area is 177 Å². The number of carbonyl (C=O) groups excluding carboxylic acids is 1.